The third kappa shape index (κ3) is 4.04. The van der Waals surface area contributed by atoms with Gasteiger partial charge in [0.05, 0.1) is 0 Å². The van der Waals surface area contributed by atoms with E-state index in [9.17, 15) is 14.0 Å². The monoisotopic (exact) mass is 334 g/mol. The zero-order valence-corrected chi connectivity index (χ0v) is 13.7. The molecule has 1 saturated carbocycles. The quantitative estimate of drug-likeness (QED) is 0.847. The summed E-state index contributed by atoms with van der Waals surface area (Å²) in [5, 5.41) is 0. The van der Waals surface area contributed by atoms with Crippen molar-refractivity contribution in [2.75, 3.05) is 32.8 Å². The van der Waals surface area contributed by atoms with Crippen LogP contribution in [0.1, 0.15) is 25.7 Å². The van der Waals surface area contributed by atoms with Crippen LogP contribution in [0.25, 0.3) is 0 Å². The van der Waals surface area contributed by atoms with E-state index in [1.54, 1.807) is 17.0 Å². The second-order valence-electron chi connectivity index (χ2n) is 6.43. The van der Waals surface area contributed by atoms with Crippen molar-refractivity contribution in [3.05, 3.63) is 30.1 Å². The average molecular weight is 334 g/mol. The fourth-order valence-corrected chi connectivity index (χ4v) is 3.09. The van der Waals surface area contributed by atoms with Crippen LogP contribution in [-0.4, -0.2) is 54.4 Å². The van der Waals surface area contributed by atoms with Crippen molar-refractivity contribution in [2.24, 2.45) is 5.92 Å². The highest BCUT2D eigenvalue weighted by Gasteiger charge is 2.30. The first-order valence-electron chi connectivity index (χ1n) is 8.58. The van der Waals surface area contributed by atoms with E-state index >= 15 is 0 Å². The molecule has 2 fully saturated rings. The van der Waals surface area contributed by atoms with Gasteiger partial charge in [-0.15, -0.1) is 0 Å². The van der Waals surface area contributed by atoms with Crippen molar-refractivity contribution in [3.63, 3.8) is 0 Å². The lowest BCUT2D eigenvalue weighted by atomic mass is 9.84. The Morgan fingerprint density at radius 2 is 1.83 bits per heavy atom. The van der Waals surface area contributed by atoms with Crippen LogP contribution >= 0.6 is 0 Å². The van der Waals surface area contributed by atoms with E-state index in [0.29, 0.717) is 31.9 Å². The molecule has 0 atom stereocenters. The maximum atomic E-state index is 13.1. The summed E-state index contributed by atoms with van der Waals surface area (Å²) in [5.41, 5.74) is 0. The third-order valence-electron chi connectivity index (χ3n) is 4.77. The van der Waals surface area contributed by atoms with Crippen molar-refractivity contribution in [1.82, 2.24) is 9.80 Å². The molecule has 3 rings (SSSR count). The lowest BCUT2D eigenvalue weighted by Crippen LogP contribution is -2.42. The SMILES string of the molecule is O=C(COc1cccc(F)c1)N1CCCN(C(=O)C2CCC2)CC1. The van der Waals surface area contributed by atoms with E-state index in [1.165, 1.54) is 12.1 Å². The highest BCUT2D eigenvalue weighted by atomic mass is 19.1. The van der Waals surface area contributed by atoms with Gasteiger partial charge in [-0.05, 0) is 31.4 Å². The molecule has 1 aromatic rings. The molecule has 0 spiro atoms. The summed E-state index contributed by atoms with van der Waals surface area (Å²) in [4.78, 5) is 28.2. The number of benzene rings is 1. The van der Waals surface area contributed by atoms with E-state index in [2.05, 4.69) is 0 Å². The Morgan fingerprint density at radius 1 is 1.08 bits per heavy atom. The Labute approximate surface area is 141 Å². The Bertz CT molecular complexity index is 604. The highest BCUT2D eigenvalue weighted by Crippen LogP contribution is 2.28. The van der Waals surface area contributed by atoms with Crippen molar-refractivity contribution in [2.45, 2.75) is 25.7 Å². The van der Waals surface area contributed by atoms with Gasteiger partial charge < -0.3 is 14.5 Å². The molecule has 24 heavy (non-hydrogen) atoms. The van der Waals surface area contributed by atoms with E-state index in [0.717, 1.165) is 25.7 Å². The minimum Gasteiger partial charge on any atom is -0.484 e. The van der Waals surface area contributed by atoms with Crippen molar-refractivity contribution in [1.29, 1.82) is 0 Å². The zero-order valence-electron chi connectivity index (χ0n) is 13.7. The second-order valence-corrected chi connectivity index (χ2v) is 6.43. The van der Waals surface area contributed by atoms with Crippen molar-refractivity contribution >= 4 is 11.8 Å². The normalized spacial score (nSPS) is 18.7. The van der Waals surface area contributed by atoms with Gasteiger partial charge in [0.25, 0.3) is 5.91 Å². The van der Waals surface area contributed by atoms with E-state index in [1.807, 2.05) is 4.90 Å². The maximum absolute atomic E-state index is 13.1. The first-order chi connectivity index (χ1) is 11.6. The van der Waals surface area contributed by atoms with Crippen LogP contribution in [0.15, 0.2) is 24.3 Å². The van der Waals surface area contributed by atoms with Gasteiger partial charge in [-0.3, -0.25) is 9.59 Å². The number of carbonyl (C=O) groups is 2. The largest absolute Gasteiger partial charge is 0.484 e. The summed E-state index contributed by atoms with van der Waals surface area (Å²) in [6.45, 7) is 2.34. The fourth-order valence-electron chi connectivity index (χ4n) is 3.09. The molecule has 0 bridgehead atoms. The van der Waals surface area contributed by atoms with Gasteiger partial charge in [0.2, 0.25) is 5.91 Å². The predicted molar refractivity (Wildman–Crippen MR) is 87.0 cm³/mol. The summed E-state index contributed by atoms with van der Waals surface area (Å²) in [6.07, 6.45) is 3.93. The molecule has 1 saturated heterocycles. The fraction of sp³-hybridized carbons (Fsp3) is 0.556. The summed E-state index contributed by atoms with van der Waals surface area (Å²) >= 11 is 0. The van der Waals surface area contributed by atoms with Gasteiger partial charge in [-0.1, -0.05) is 12.5 Å². The minimum atomic E-state index is -0.389. The Hall–Kier alpha value is -2.11. The van der Waals surface area contributed by atoms with E-state index in [-0.39, 0.29) is 30.2 Å². The van der Waals surface area contributed by atoms with Crippen LogP contribution in [0.3, 0.4) is 0 Å². The Kier molecular flexibility index (Phi) is 5.33. The molecule has 0 aromatic heterocycles. The lowest BCUT2D eigenvalue weighted by Gasteiger charge is -2.31. The molecule has 1 aromatic carbocycles. The van der Waals surface area contributed by atoms with Gasteiger partial charge in [-0.2, -0.15) is 0 Å². The molecule has 5 nitrogen and oxygen atoms in total. The molecule has 1 aliphatic carbocycles. The number of nitrogens with zero attached hydrogens (tertiary/aromatic N) is 2. The number of halogens is 1. The van der Waals surface area contributed by atoms with Crippen LogP contribution in [0.4, 0.5) is 4.39 Å². The lowest BCUT2D eigenvalue weighted by molar-refractivity contribution is -0.139. The van der Waals surface area contributed by atoms with Gasteiger partial charge in [-0.25, -0.2) is 4.39 Å². The summed E-state index contributed by atoms with van der Waals surface area (Å²) < 4.78 is 18.5. The molecule has 0 radical (unpaired) electrons. The van der Waals surface area contributed by atoms with Crippen LogP contribution < -0.4 is 4.74 Å². The number of amides is 2. The number of rotatable bonds is 4. The van der Waals surface area contributed by atoms with Gasteiger partial charge in [0.15, 0.2) is 6.61 Å². The van der Waals surface area contributed by atoms with Crippen LogP contribution in [0, 0.1) is 11.7 Å². The predicted octanol–water partition coefficient (Wildman–Crippen LogP) is 2.07. The maximum Gasteiger partial charge on any atom is 0.260 e. The molecule has 1 aliphatic heterocycles. The van der Waals surface area contributed by atoms with Gasteiger partial charge in [0, 0.05) is 38.2 Å². The molecule has 2 aliphatic rings. The zero-order chi connectivity index (χ0) is 16.9. The summed E-state index contributed by atoms with van der Waals surface area (Å²) in [5.74, 6) is 0.271. The molecule has 6 heteroatoms. The smallest absolute Gasteiger partial charge is 0.260 e. The van der Waals surface area contributed by atoms with Gasteiger partial charge in [0.1, 0.15) is 11.6 Å². The molecular weight excluding hydrogens is 311 g/mol. The first-order valence-corrected chi connectivity index (χ1v) is 8.58. The van der Waals surface area contributed by atoms with Crippen LogP contribution in [0.5, 0.6) is 5.75 Å². The second kappa shape index (κ2) is 7.64. The topological polar surface area (TPSA) is 49.9 Å². The number of hydrogen-bond acceptors (Lipinski definition) is 3. The molecule has 1 heterocycles. The van der Waals surface area contributed by atoms with Crippen LogP contribution in [0.2, 0.25) is 0 Å². The molecule has 130 valence electrons. The number of ether oxygens (including phenoxy) is 1. The minimum absolute atomic E-state index is 0.111. The highest BCUT2D eigenvalue weighted by molar-refractivity contribution is 5.80. The third-order valence-corrected chi connectivity index (χ3v) is 4.77. The molecule has 2 amide bonds. The van der Waals surface area contributed by atoms with Crippen LogP contribution in [-0.2, 0) is 9.59 Å². The van der Waals surface area contributed by atoms with E-state index < -0.39 is 0 Å². The Morgan fingerprint density at radius 3 is 2.54 bits per heavy atom. The number of carbonyl (C=O) groups excluding carboxylic acids is 2. The Balaban J connectivity index is 1.48. The van der Waals surface area contributed by atoms with Gasteiger partial charge >= 0.3 is 0 Å². The molecule has 0 unspecified atom stereocenters. The summed E-state index contributed by atoms with van der Waals surface area (Å²) in [7, 11) is 0. The average Bonchev–Trinajstić information content (AvgIpc) is 2.77. The number of hydrogen-bond donors (Lipinski definition) is 0. The van der Waals surface area contributed by atoms with E-state index in [4.69, 9.17) is 4.74 Å². The first kappa shape index (κ1) is 16.7. The van der Waals surface area contributed by atoms with Crippen molar-refractivity contribution < 1.29 is 18.7 Å². The van der Waals surface area contributed by atoms with Crippen molar-refractivity contribution in [3.8, 4) is 5.75 Å². The molecule has 0 N–H and O–H groups in total. The summed E-state index contributed by atoms with van der Waals surface area (Å²) in [6, 6.07) is 5.76. The standard InChI is InChI=1S/C18H23FN2O3/c19-15-6-2-7-16(12-15)24-13-17(22)20-8-3-9-21(11-10-20)18(23)14-4-1-5-14/h2,6-7,12,14H,1,3-5,8-11,13H2. The molecular formula is C18H23FN2O3.